The summed E-state index contributed by atoms with van der Waals surface area (Å²) in [5.74, 6) is 3.56. The van der Waals surface area contributed by atoms with E-state index in [0.29, 0.717) is 34.9 Å². The number of hydrogen-bond donors (Lipinski definition) is 0. The molecule has 0 N–H and O–H groups in total. The van der Waals surface area contributed by atoms with Crippen LogP contribution in [0, 0.1) is 0 Å². The quantitative estimate of drug-likeness (QED) is 0.133. The van der Waals surface area contributed by atoms with Gasteiger partial charge in [0.15, 0.2) is 34.9 Å². The highest BCUT2D eigenvalue weighted by molar-refractivity contribution is 6.13. The lowest BCUT2D eigenvalue weighted by atomic mass is 9.97. The van der Waals surface area contributed by atoms with Gasteiger partial charge in [0, 0.05) is 54.9 Å². The molecule has 0 bridgehead atoms. The summed E-state index contributed by atoms with van der Waals surface area (Å²) in [5, 5.41) is 8.47. The van der Waals surface area contributed by atoms with E-state index in [0.717, 1.165) is 132 Å². The van der Waals surface area contributed by atoms with Gasteiger partial charge in [-0.3, -0.25) is 0 Å². The van der Waals surface area contributed by atoms with E-state index >= 15 is 0 Å². The fourth-order valence-corrected chi connectivity index (χ4v) is 12.3. The maximum Gasteiger partial charge on any atom is 0.164 e. The molecule has 0 aliphatic rings. The molecule has 0 aliphatic heterocycles. The third-order valence-electron chi connectivity index (χ3n) is 16.8. The van der Waals surface area contributed by atoms with Gasteiger partial charge < -0.3 is 8.83 Å². The molecule has 4 heterocycles. The van der Waals surface area contributed by atoms with Crippen LogP contribution in [0.15, 0.2) is 300 Å². The third-order valence-corrected chi connectivity index (χ3v) is 16.8. The first-order valence-electron chi connectivity index (χ1n) is 29.4. The number of fused-ring (bicyclic) bond motifs is 8. The first-order chi connectivity index (χ1) is 43.5. The van der Waals surface area contributed by atoms with Crippen molar-refractivity contribution in [1.82, 2.24) is 29.9 Å². The van der Waals surface area contributed by atoms with Crippen molar-refractivity contribution in [2.45, 2.75) is 0 Å². The van der Waals surface area contributed by atoms with Gasteiger partial charge in [0.1, 0.15) is 22.3 Å². The van der Waals surface area contributed by atoms with E-state index in [1.807, 2.05) is 78.9 Å². The molecule has 13 aromatic carbocycles. The molecular weight excluding hydrogens is 1080 g/mol. The molecule has 0 unspecified atom stereocenters. The number of rotatable bonds is 10. The average Bonchev–Trinajstić information content (AvgIpc) is 2.19. The summed E-state index contributed by atoms with van der Waals surface area (Å²) in [4.78, 5) is 30.9. The SMILES string of the molecule is c1ccc(-c2ccc3cc(-c4nc(-c5ccc6ccccc6c5)nc(-c5cccc6oc7cc(-c8ccc(-c9ccc(-c%10ccc(-c%11nc(-c%12ccccc%12)nc(-c%12cccc%13oc%14ccccc%14c%12%13)n%11)cc%10)cc9)cc8)ccc7c56)n4)ccc3c2)cc1. The normalized spacial score (nSPS) is 11.6. The van der Waals surface area contributed by atoms with Crippen LogP contribution >= 0.6 is 0 Å². The number of hydrogen-bond acceptors (Lipinski definition) is 8. The fraction of sp³-hybridized carbons (Fsp3) is 0. The van der Waals surface area contributed by atoms with Crippen molar-refractivity contribution in [2.75, 3.05) is 0 Å². The van der Waals surface area contributed by atoms with Crippen LogP contribution in [0.25, 0.3) is 178 Å². The summed E-state index contributed by atoms with van der Waals surface area (Å²) < 4.78 is 12.9. The van der Waals surface area contributed by atoms with E-state index in [4.69, 9.17) is 38.7 Å². The van der Waals surface area contributed by atoms with Gasteiger partial charge in [-0.15, -0.1) is 0 Å². The maximum absolute atomic E-state index is 6.70. The van der Waals surface area contributed by atoms with Crippen molar-refractivity contribution in [2.24, 2.45) is 0 Å². The lowest BCUT2D eigenvalue weighted by Crippen LogP contribution is -2.00. The van der Waals surface area contributed by atoms with Crippen molar-refractivity contribution < 1.29 is 8.83 Å². The smallest absolute Gasteiger partial charge is 0.164 e. The van der Waals surface area contributed by atoms with Crippen LogP contribution in [0.3, 0.4) is 0 Å². The Morgan fingerprint density at radius 2 is 0.511 bits per heavy atom. The minimum absolute atomic E-state index is 0.574. The second kappa shape index (κ2) is 21.0. The molecule has 88 heavy (non-hydrogen) atoms. The summed E-state index contributed by atoms with van der Waals surface area (Å²) in [7, 11) is 0. The lowest BCUT2D eigenvalue weighted by Gasteiger charge is -2.11. The summed E-state index contributed by atoms with van der Waals surface area (Å²) in [6, 6.07) is 101. The largest absolute Gasteiger partial charge is 0.456 e. The third kappa shape index (κ3) is 9.11. The Kier molecular flexibility index (Phi) is 12.0. The molecule has 0 amide bonds. The average molecular weight is 1130 g/mol. The van der Waals surface area contributed by atoms with Crippen molar-refractivity contribution in [3.63, 3.8) is 0 Å². The summed E-state index contributed by atoms with van der Waals surface area (Å²) in [6.45, 7) is 0. The van der Waals surface area contributed by atoms with Crippen LogP contribution in [-0.2, 0) is 0 Å². The molecule has 17 aromatic rings. The number of furan rings is 2. The zero-order chi connectivity index (χ0) is 58.1. The molecule has 0 aliphatic carbocycles. The van der Waals surface area contributed by atoms with E-state index in [9.17, 15) is 0 Å². The van der Waals surface area contributed by atoms with E-state index in [1.165, 1.54) is 11.1 Å². The van der Waals surface area contributed by atoms with Gasteiger partial charge in [0.05, 0.1) is 0 Å². The van der Waals surface area contributed by atoms with Crippen LogP contribution in [-0.4, -0.2) is 29.9 Å². The van der Waals surface area contributed by atoms with Crippen molar-refractivity contribution in [1.29, 1.82) is 0 Å². The minimum atomic E-state index is 0.574. The Morgan fingerprint density at radius 3 is 1.08 bits per heavy atom. The van der Waals surface area contributed by atoms with Crippen molar-refractivity contribution in [3.05, 3.63) is 291 Å². The number of benzene rings is 13. The highest BCUT2D eigenvalue weighted by atomic mass is 16.3. The van der Waals surface area contributed by atoms with Gasteiger partial charge in [-0.05, 0) is 115 Å². The zero-order valence-electron chi connectivity index (χ0n) is 47.2. The topological polar surface area (TPSA) is 104 Å². The molecule has 0 radical (unpaired) electrons. The number of aromatic nitrogens is 6. The van der Waals surface area contributed by atoms with Crippen LogP contribution in [0.5, 0.6) is 0 Å². The van der Waals surface area contributed by atoms with Crippen LogP contribution in [0.4, 0.5) is 0 Å². The molecule has 410 valence electrons. The fourth-order valence-electron chi connectivity index (χ4n) is 12.3. The predicted octanol–water partition coefficient (Wildman–Crippen LogP) is 20.8. The zero-order valence-corrected chi connectivity index (χ0v) is 47.2. The van der Waals surface area contributed by atoms with Gasteiger partial charge >= 0.3 is 0 Å². The van der Waals surface area contributed by atoms with Gasteiger partial charge in [0.25, 0.3) is 0 Å². The number of para-hydroxylation sites is 1. The first-order valence-corrected chi connectivity index (χ1v) is 29.4. The Morgan fingerprint density at radius 1 is 0.182 bits per heavy atom. The highest BCUT2D eigenvalue weighted by Gasteiger charge is 2.21. The molecule has 0 saturated carbocycles. The van der Waals surface area contributed by atoms with Crippen molar-refractivity contribution in [3.8, 4) is 113 Å². The Hall–Kier alpha value is -12.0. The van der Waals surface area contributed by atoms with Gasteiger partial charge in [-0.1, -0.05) is 243 Å². The summed E-state index contributed by atoms with van der Waals surface area (Å²) in [6.07, 6.45) is 0. The van der Waals surface area contributed by atoms with E-state index in [-0.39, 0.29) is 0 Å². The second-order valence-corrected chi connectivity index (χ2v) is 22.2. The van der Waals surface area contributed by atoms with Crippen molar-refractivity contribution >= 4 is 65.4 Å². The van der Waals surface area contributed by atoms with E-state index in [1.54, 1.807) is 0 Å². The summed E-state index contributed by atoms with van der Waals surface area (Å²) >= 11 is 0. The van der Waals surface area contributed by atoms with Gasteiger partial charge in [-0.2, -0.15) is 0 Å². The first kappa shape index (κ1) is 50.5. The molecule has 4 aromatic heterocycles. The van der Waals surface area contributed by atoms with Gasteiger partial charge in [0.2, 0.25) is 0 Å². The molecule has 8 nitrogen and oxygen atoms in total. The minimum Gasteiger partial charge on any atom is -0.456 e. The Labute approximate surface area is 505 Å². The molecule has 0 saturated heterocycles. The number of nitrogens with zero attached hydrogens (tertiary/aromatic N) is 6. The Balaban J connectivity index is 0.653. The molecule has 0 atom stereocenters. The molecule has 17 rings (SSSR count). The van der Waals surface area contributed by atoms with Crippen LogP contribution in [0.1, 0.15) is 0 Å². The van der Waals surface area contributed by atoms with Crippen LogP contribution in [0.2, 0.25) is 0 Å². The Bertz CT molecular complexity index is 5550. The molecule has 0 fully saturated rings. The van der Waals surface area contributed by atoms with Crippen LogP contribution < -0.4 is 0 Å². The van der Waals surface area contributed by atoms with E-state index in [2.05, 4.69) is 212 Å². The molecule has 0 spiro atoms. The van der Waals surface area contributed by atoms with Gasteiger partial charge in [-0.25, -0.2) is 29.9 Å². The molecule has 8 heteroatoms. The molecular formula is C80H48N6O2. The summed E-state index contributed by atoms with van der Waals surface area (Å²) in [5.41, 5.74) is 17.5. The second-order valence-electron chi connectivity index (χ2n) is 22.2. The maximum atomic E-state index is 6.70. The monoisotopic (exact) mass is 1120 g/mol. The highest BCUT2D eigenvalue weighted by Crippen LogP contribution is 2.41. The predicted molar refractivity (Wildman–Crippen MR) is 357 cm³/mol. The standard InChI is InChI=1S/C80H48N6O2/c1-3-13-49(14-4-1)59-38-39-61-47-64(42-40-60(61)45-59)78-82-77(63-41-35-50-15-7-8-18-58(50)46-63)85-80(86-78)68-21-12-24-71-74(68)66-44-43-62(48-72(66)88-71)55-31-29-53(30-32-55)51-25-27-52(28-26-51)54-33-36-57(37-34-54)76-81-75(56-16-5-2-6-17-56)83-79(84-76)67-20-11-23-70-73(67)65-19-9-10-22-69(65)87-70/h1-48H. The van der Waals surface area contributed by atoms with E-state index < -0.39 is 0 Å². The lowest BCUT2D eigenvalue weighted by molar-refractivity contribution is 0.668.